The number of hydrogen-bond donors (Lipinski definition) is 2. The predicted molar refractivity (Wildman–Crippen MR) is 48.6 cm³/mol. The van der Waals surface area contributed by atoms with E-state index in [1.165, 1.54) is 0 Å². The molecule has 0 aromatic carbocycles. The molecule has 0 rings (SSSR count). The number of terminal acetylenes is 1. The fourth-order valence-corrected chi connectivity index (χ4v) is 0.921. The third-order valence-corrected chi connectivity index (χ3v) is 1.56. The molecule has 0 amide bonds. The Morgan fingerprint density at radius 1 is 1.73 bits per heavy atom. The summed E-state index contributed by atoms with van der Waals surface area (Å²) in [7, 11) is 0. The number of nitrogens with one attached hydrogen (secondary N) is 1. The summed E-state index contributed by atoms with van der Waals surface area (Å²) >= 11 is 0. The first-order valence-electron chi connectivity index (χ1n) is 3.85. The van der Waals surface area contributed by atoms with Gasteiger partial charge in [0.2, 0.25) is 0 Å². The summed E-state index contributed by atoms with van der Waals surface area (Å²) in [5.41, 5.74) is 2.72. The van der Waals surface area contributed by atoms with Crippen molar-refractivity contribution in [3.8, 4) is 12.3 Å². The molecule has 1 unspecified atom stereocenters. The maximum absolute atomic E-state index is 5.29. The molecule has 2 nitrogen and oxygen atoms in total. The molecule has 0 aliphatic carbocycles. The number of nitrogens with two attached hydrogens (primary N) is 1. The van der Waals surface area contributed by atoms with Gasteiger partial charge in [-0.15, -0.1) is 18.9 Å². The largest absolute Gasteiger partial charge is 0.271 e. The zero-order valence-electron chi connectivity index (χ0n) is 6.84. The minimum absolute atomic E-state index is 0.334. The van der Waals surface area contributed by atoms with Gasteiger partial charge in [0.15, 0.2) is 0 Å². The Kier molecular flexibility index (Phi) is 6.81. The van der Waals surface area contributed by atoms with Crippen molar-refractivity contribution < 1.29 is 0 Å². The van der Waals surface area contributed by atoms with Gasteiger partial charge < -0.3 is 0 Å². The van der Waals surface area contributed by atoms with Crippen LogP contribution in [0.25, 0.3) is 0 Å². The van der Waals surface area contributed by atoms with Crippen molar-refractivity contribution >= 4 is 0 Å². The monoisotopic (exact) mass is 152 g/mol. The SMILES string of the molecule is C#CCCCC(CC=C)NN. The van der Waals surface area contributed by atoms with Crippen LogP contribution < -0.4 is 11.3 Å². The lowest BCUT2D eigenvalue weighted by Gasteiger charge is -2.11. The third kappa shape index (κ3) is 5.65. The van der Waals surface area contributed by atoms with E-state index < -0.39 is 0 Å². The molecule has 0 saturated heterocycles. The van der Waals surface area contributed by atoms with Crippen molar-refractivity contribution in [1.29, 1.82) is 0 Å². The first-order valence-corrected chi connectivity index (χ1v) is 3.85. The van der Waals surface area contributed by atoms with Gasteiger partial charge in [-0.1, -0.05) is 6.08 Å². The summed E-state index contributed by atoms with van der Waals surface area (Å²) in [6.07, 6.45) is 10.7. The average molecular weight is 152 g/mol. The van der Waals surface area contributed by atoms with Gasteiger partial charge >= 0.3 is 0 Å². The zero-order valence-corrected chi connectivity index (χ0v) is 6.84. The fourth-order valence-electron chi connectivity index (χ4n) is 0.921. The Hall–Kier alpha value is -0.780. The van der Waals surface area contributed by atoms with E-state index in [2.05, 4.69) is 17.9 Å². The van der Waals surface area contributed by atoms with E-state index in [1.54, 1.807) is 0 Å². The van der Waals surface area contributed by atoms with Crippen LogP contribution in [0.4, 0.5) is 0 Å². The van der Waals surface area contributed by atoms with Crippen molar-refractivity contribution in [3.63, 3.8) is 0 Å². The number of hydrogen-bond acceptors (Lipinski definition) is 2. The lowest BCUT2D eigenvalue weighted by Crippen LogP contribution is -2.34. The topological polar surface area (TPSA) is 38.0 Å². The first-order chi connectivity index (χ1) is 5.35. The molecule has 0 saturated carbocycles. The molecule has 1 atom stereocenters. The number of unbranched alkanes of at least 4 members (excludes halogenated alkanes) is 1. The molecule has 0 aromatic heterocycles. The van der Waals surface area contributed by atoms with Crippen molar-refractivity contribution in [2.75, 3.05) is 0 Å². The molecule has 11 heavy (non-hydrogen) atoms. The van der Waals surface area contributed by atoms with Gasteiger partial charge in [0.1, 0.15) is 0 Å². The smallest absolute Gasteiger partial charge is 0.0245 e. The van der Waals surface area contributed by atoms with E-state index in [1.807, 2.05) is 6.08 Å². The zero-order chi connectivity index (χ0) is 8.53. The molecule has 3 N–H and O–H groups in total. The molecular weight excluding hydrogens is 136 g/mol. The first kappa shape index (κ1) is 10.2. The van der Waals surface area contributed by atoms with Crippen LogP contribution in [0.3, 0.4) is 0 Å². The standard InChI is InChI=1S/C9H16N2/c1-3-5-6-8-9(11-10)7-4-2/h1,4,9,11H,2,5-8,10H2. The quantitative estimate of drug-likeness (QED) is 0.197. The molecule has 0 aliphatic rings. The highest BCUT2D eigenvalue weighted by molar-refractivity contribution is 4.84. The second-order valence-electron chi connectivity index (χ2n) is 2.48. The van der Waals surface area contributed by atoms with E-state index in [9.17, 15) is 0 Å². The molecule has 0 radical (unpaired) electrons. The highest BCUT2D eigenvalue weighted by Crippen LogP contribution is 2.03. The molecule has 2 heteroatoms. The Morgan fingerprint density at radius 2 is 2.45 bits per heavy atom. The highest BCUT2D eigenvalue weighted by atomic mass is 15.2. The second-order valence-corrected chi connectivity index (χ2v) is 2.48. The van der Waals surface area contributed by atoms with Gasteiger partial charge in [-0.25, -0.2) is 0 Å². The van der Waals surface area contributed by atoms with Gasteiger partial charge in [-0.05, 0) is 19.3 Å². The minimum atomic E-state index is 0.334. The summed E-state index contributed by atoms with van der Waals surface area (Å²) in [6, 6.07) is 0.334. The minimum Gasteiger partial charge on any atom is -0.271 e. The molecule has 0 aromatic rings. The Balaban J connectivity index is 3.36. The van der Waals surface area contributed by atoms with Crippen LogP contribution in [0.1, 0.15) is 25.7 Å². The third-order valence-electron chi connectivity index (χ3n) is 1.56. The Bertz CT molecular complexity index is 135. The highest BCUT2D eigenvalue weighted by Gasteiger charge is 2.01. The predicted octanol–water partition coefficient (Wildman–Crippen LogP) is 1.20. The van der Waals surface area contributed by atoms with Crippen molar-refractivity contribution in [1.82, 2.24) is 5.43 Å². The van der Waals surface area contributed by atoms with E-state index in [0.29, 0.717) is 6.04 Å². The van der Waals surface area contributed by atoms with Gasteiger partial charge in [0.25, 0.3) is 0 Å². The number of hydrazine groups is 1. The van der Waals surface area contributed by atoms with Crippen LogP contribution in [0.5, 0.6) is 0 Å². The van der Waals surface area contributed by atoms with Crippen molar-refractivity contribution in [3.05, 3.63) is 12.7 Å². The lowest BCUT2D eigenvalue weighted by atomic mass is 10.1. The number of rotatable bonds is 6. The van der Waals surface area contributed by atoms with E-state index in [4.69, 9.17) is 12.3 Å². The summed E-state index contributed by atoms with van der Waals surface area (Å²) in [5, 5.41) is 0. The lowest BCUT2D eigenvalue weighted by molar-refractivity contribution is 0.486. The van der Waals surface area contributed by atoms with Gasteiger partial charge in [-0.2, -0.15) is 0 Å². The van der Waals surface area contributed by atoms with E-state index in [0.717, 1.165) is 25.7 Å². The average Bonchev–Trinajstić information content (AvgIpc) is 2.03. The Morgan fingerprint density at radius 3 is 2.91 bits per heavy atom. The maximum Gasteiger partial charge on any atom is 0.0245 e. The summed E-state index contributed by atoms with van der Waals surface area (Å²) in [4.78, 5) is 0. The molecule has 0 aliphatic heterocycles. The van der Waals surface area contributed by atoms with Gasteiger partial charge in [0, 0.05) is 12.5 Å². The summed E-state index contributed by atoms with van der Waals surface area (Å²) < 4.78 is 0. The summed E-state index contributed by atoms with van der Waals surface area (Å²) in [5.74, 6) is 7.89. The van der Waals surface area contributed by atoms with Gasteiger partial charge in [-0.3, -0.25) is 11.3 Å². The molecular formula is C9H16N2. The van der Waals surface area contributed by atoms with E-state index >= 15 is 0 Å². The second kappa shape index (κ2) is 7.33. The van der Waals surface area contributed by atoms with Crippen LogP contribution in [-0.4, -0.2) is 6.04 Å². The maximum atomic E-state index is 5.29. The van der Waals surface area contributed by atoms with Crippen LogP contribution >= 0.6 is 0 Å². The van der Waals surface area contributed by atoms with Crippen molar-refractivity contribution in [2.45, 2.75) is 31.7 Å². The van der Waals surface area contributed by atoms with Gasteiger partial charge in [0.05, 0.1) is 0 Å². The fraction of sp³-hybridized carbons (Fsp3) is 0.556. The molecule has 62 valence electrons. The van der Waals surface area contributed by atoms with E-state index in [-0.39, 0.29) is 0 Å². The normalized spacial score (nSPS) is 12.0. The van der Waals surface area contributed by atoms with Crippen molar-refractivity contribution in [2.24, 2.45) is 5.84 Å². The van der Waals surface area contributed by atoms with Crippen LogP contribution in [-0.2, 0) is 0 Å². The molecule has 0 fully saturated rings. The van der Waals surface area contributed by atoms with Crippen LogP contribution in [0.2, 0.25) is 0 Å². The Labute approximate surface area is 68.8 Å². The van der Waals surface area contributed by atoms with Crippen LogP contribution in [0, 0.1) is 12.3 Å². The van der Waals surface area contributed by atoms with Crippen LogP contribution in [0.15, 0.2) is 12.7 Å². The molecule has 0 heterocycles. The summed E-state index contributed by atoms with van der Waals surface area (Å²) in [6.45, 7) is 3.64. The molecule has 0 spiro atoms. The molecule has 0 bridgehead atoms.